The van der Waals surface area contributed by atoms with Crippen molar-refractivity contribution in [3.63, 3.8) is 0 Å². The fourth-order valence-corrected chi connectivity index (χ4v) is 2.68. The minimum Gasteiger partial charge on any atom is -0.329 e. The van der Waals surface area contributed by atoms with Gasteiger partial charge in [-0.3, -0.25) is 4.79 Å². The minimum atomic E-state index is -0.0723. The van der Waals surface area contributed by atoms with Crippen molar-refractivity contribution in [2.75, 3.05) is 0 Å². The molecule has 2 rings (SSSR count). The molecule has 0 spiro atoms. The molecule has 1 aromatic heterocycles. The predicted octanol–water partition coefficient (Wildman–Crippen LogP) is 3.05. The van der Waals surface area contributed by atoms with Crippen molar-refractivity contribution >= 4 is 42.6 Å². The Morgan fingerprint density at radius 1 is 1.23 bits per heavy atom. The summed E-state index contributed by atoms with van der Waals surface area (Å²) in [4.78, 5) is 14.0. The summed E-state index contributed by atoms with van der Waals surface area (Å²) in [6, 6.07) is 5.64. The van der Waals surface area contributed by atoms with Crippen LogP contribution in [0.1, 0.15) is 0 Å². The Morgan fingerprint density at radius 2 is 2.00 bits per heavy atom. The molecule has 1 aromatic carbocycles. The van der Waals surface area contributed by atoms with Gasteiger partial charge in [-0.25, -0.2) is 0 Å². The van der Waals surface area contributed by atoms with Gasteiger partial charge in [0.25, 0.3) is 5.56 Å². The van der Waals surface area contributed by atoms with Gasteiger partial charge in [0.05, 0.1) is 5.39 Å². The number of rotatable bonds is 0. The summed E-state index contributed by atoms with van der Waals surface area (Å²) in [6.07, 6.45) is 1.64. The third-order valence-electron chi connectivity index (χ3n) is 1.79. The number of halogens is 2. The van der Waals surface area contributed by atoms with Crippen molar-refractivity contribution in [2.45, 2.75) is 0 Å². The zero-order valence-corrected chi connectivity index (χ0v) is 9.65. The van der Waals surface area contributed by atoms with Crippen molar-refractivity contribution in [3.05, 3.63) is 43.7 Å². The zero-order chi connectivity index (χ0) is 9.42. The summed E-state index contributed by atoms with van der Waals surface area (Å²) < 4.78 is 1.76. The average molecular weight is 303 g/mol. The molecular weight excluding hydrogens is 298 g/mol. The highest BCUT2D eigenvalue weighted by Gasteiger charge is 2.03. The van der Waals surface area contributed by atoms with E-state index < -0.39 is 0 Å². The molecule has 2 nitrogen and oxygen atoms in total. The molecule has 1 heterocycles. The molecule has 0 saturated carbocycles. The number of hydrogen-bond acceptors (Lipinski definition) is 1. The topological polar surface area (TPSA) is 32.9 Å². The molecule has 0 aliphatic heterocycles. The number of H-pyrrole nitrogens is 1. The summed E-state index contributed by atoms with van der Waals surface area (Å²) in [7, 11) is 0. The summed E-state index contributed by atoms with van der Waals surface area (Å²) in [5, 5.41) is 1.61. The second-order valence-electron chi connectivity index (χ2n) is 2.66. The van der Waals surface area contributed by atoms with Crippen LogP contribution in [-0.2, 0) is 0 Å². The number of fused-ring (bicyclic) bond motifs is 1. The van der Waals surface area contributed by atoms with Crippen LogP contribution in [0.3, 0.4) is 0 Å². The number of nitrogens with one attached hydrogen (secondary N) is 1. The van der Waals surface area contributed by atoms with Crippen molar-refractivity contribution < 1.29 is 0 Å². The number of hydrogen-bond donors (Lipinski definition) is 1. The molecule has 0 radical (unpaired) electrons. The van der Waals surface area contributed by atoms with Crippen LogP contribution in [0.25, 0.3) is 10.8 Å². The number of aromatic nitrogens is 1. The average Bonchev–Trinajstić information content (AvgIpc) is 2.02. The second kappa shape index (κ2) is 3.27. The van der Waals surface area contributed by atoms with Crippen LogP contribution in [0.2, 0.25) is 0 Å². The van der Waals surface area contributed by atoms with Crippen LogP contribution in [0.15, 0.2) is 38.1 Å². The Labute approximate surface area is 91.2 Å². The second-order valence-corrected chi connectivity index (χ2v) is 4.43. The van der Waals surface area contributed by atoms with E-state index in [9.17, 15) is 4.79 Å². The highest BCUT2D eigenvalue weighted by Crippen LogP contribution is 2.25. The molecule has 13 heavy (non-hydrogen) atoms. The Kier molecular flexibility index (Phi) is 2.26. The summed E-state index contributed by atoms with van der Waals surface area (Å²) in [5.74, 6) is 0. The standard InChI is InChI=1S/C9H5Br2NO/c10-6-3-5-1-2-12-9(13)8(5)7(11)4-6/h1-4H,(H,12,13). The van der Waals surface area contributed by atoms with E-state index in [4.69, 9.17) is 0 Å². The maximum Gasteiger partial charge on any atom is 0.256 e. The molecule has 0 unspecified atom stereocenters. The van der Waals surface area contributed by atoms with Gasteiger partial charge in [0, 0.05) is 15.1 Å². The summed E-state index contributed by atoms with van der Waals surface area (Å²) in [5.41, 5.74) is -0.0723. The van der Waals surface area contributed by atoms with Gasteiger partial charge in [-0.05, 0) is 39.5 Å². The molecule has 0 bridgehead atoms. The van der Waals surface area contributed by atoms with Crippen molar-refractivity contribution in [3.8, 4) is 0 Å². The molecule has 66 valence electrons. The van der Waals surface area contributed by atoms with Crippen LogP contribution in [0.5, 0.6) is 0 Å². The lowest BCUT2D eigenvalue weighted by Crippen LogP contribution is -2.04. The molecule has 2 aromatic rings. The van der Waals surface area contributed by atoms with Gasteiger partial charge in [0.2, 0.25) is 0 Å². The number of benzene rings is 1. The van der Waals surface area contributed by atoms with Gasteiger partial charge in [-0.15, -0.1) is 0 Å². The largest absolute Gasteiger partial charge is 0.329 e. The van der Waals surface area contributed by atoms with Gasteiger partial charge in [0.15, 0.2) is 0 Å². The van der Waals surface area contributed by atoms with Crippen LogP contribution in [0.4, 0.5) is 0 Å². The van der Waals surface area contributed by atoms with E-state index in [0.29, 0.717) is 5.39 Å². The Morgan fingerprint density at radius 3 is 2.77 bits per heavy atom. The van der Waals surface area contributed by atoms with Crippen LogP contribution < -0.4 is 5.56 Å². The zero-order valence-electron chi connectivity index (χ0n) is 6.47. The third-order valence-corrected chi connectivity index (χ3v) is 2.87. The quantitative estimate of drug-likeness (QED) is 0.797. The van der Waals surface area contributed by atoms with Gasteiger partial charge in [-0.1, -0.05) is 15.9 Å². The van der Waals surface area contributed by atoms with E-state index in [-0.39, 0.29) is 5.56 Å². The molecule has 0 atom stereocenters. The van der Waals surface area contributed by atoms with E-state index in [2.05, 4.69) is 36.8 Å². The highest BCUT2D eigenvalue weighted by atomic mass is 79.9. The molecule has 0 aliphatic rings. The third kappa shape index (κ3) is 1.56. The molecular formula is C9H5Br2NO. The van der Waals surface area contributed by atoms with E-state index in [1.807, 2.05) is 18.2 Å². The maximum atomic E-state index is 11.4. The summed E-state index contributed by atoms with van der Waals surface area (Å²) in [6.45, 7) is 0. The normalized spacial score (nSPS) is 10.6. The van der Waals surface area contributed by atoms with E-state index in [0.717, 1.165) is 14.3 Å². The molecule has 0 saturated heterocycles. The molecule has 1 N–H and O–H groups in total. The van der Waals surface area contributed by atoms with E-state index in [1.165, 1.54) is 0 Å². The lowest BCUT2D eigenvalue weighted by atomic mass is 10.2. The van der Waals surface area contributed by atoms with Gasteiger partial charge in [-0.2, -0.15) is 0 Å². The van der Waals surface area contributed by atoms with Crippen molar-refractivity contribution in [1.29, 1.82) is 0 Å². The van der Waals surface area contributed by atoms with Crippen LogP contribution in [-0.4, -0.2) is 4.98 Å². The first-order valence-electron chi connectivity index (χ1n) is 3.65. The number of pyridine rings is 1. The van der Waals surface area contributed by atoms with Crippen LogP contribution >= 0.6 is 31.9 Å². The minimum absolute atomic E-state index is 0.0723. The van der Waals surface area contributed by atoms with Gasteiger partial charge >= 0.3 is 0 Å². The van der Waals surface area contributed by atoms with Crippen molar-refractivity contribution in [1.82, 2.24) is 4.98 Å². The molecule has 0 aliphatic carbocycles. The smallest absolute Gasteiger partial charge is 0.256 e. The number of aromatic amines is 1. The Hall–Kier alpha value is -0.610. The highest BCUT2D eigenvalue weighted by molar-refractivity contribution is 9.11. The fourth-order valence-electron chi connectivity index (χ4n) is 1.24. The Bertz CT molecular complexity index is 518. The molecule has 0 fully saturated rings. The van der Waals surface area contributed by atoms with Crippen molar-refractivity contribution in [2.24, 2.45) is 0 Å². The van der Waals surface area contributed by atoms with Gasteiger partial charge in [0.1, 0.15) is 0 Å². The first-order chi connectivity index (χ1) is 6.18. The molecule has 0 amide bonds. The first-order valence-corrected chi connectivity index (χ1v) is 5.23. The summed E-state index contributed by atoms with van der Waals surface area (Å²) >= 11 is 6.71. The lowest BCUT2D eigenvalue weighted by Gasteiger charge is -1.99. The Balaban J connectivity index is 3.03. The van der Waals surface area contributed by atoms with E-state index in [1.54, 1.807) is 6.20 Å². The molecule has 4 heteroatoms. The SMILES string of the molecule is O=c1[nH]ccc2cc(Br)cc(Br)c12. The lowest BCUT2D eigenvalue weighted by molar-refractivity contribution is 1.27. The first kappa shape index (κ1) is 8.97. The maximum absolute atomic E-state index is 11.4. The van der Waals surface area contributed by atoms with E-state index >= 15 is 0 Å². The predicted molar refractivity (Wildman–Crippen MR) is 60.0 cm³/mol. The van der Waals surface area contributed by atoms with Crippen LogP contribution in [0, 0.1) is 0 Å². The van der Waals surface area contributed by atoms with Gasteiger partial charge < -0.3 is 4.98 Å². The monoisotopic (exact) mass is 301 g/mol. The fraction of sp³-hybridized carbons (Fsp3) is 0.